The molecule has 1 amide bonds. The van der Waals surface area contributed by atoms with Gasteiger partial charge in [-0.05, 0) is 67.9 Å². The molecule has 2 aromatic carbocycles. The fraction of sp³-hybridized carbons (Fsp3) is 0.273. The Bertz CT molecular complexity index is 1630. The van der Waals surface area contributed by atoms with E-state index in [1.165, 1.54) is 19.3 Å². The summed E-state index contributed by atoms with van der Waals surface area (Å²) in [4.78, 5) is 32.0. The minimum absolute atomic E-state index is 0.0288. The van der Waals surface area contributed by atoms with Crippen molar-refractivity contribution in [2.75, 3.05) is 31.5 Å². The number of fused-ring (bicyclic) bond motifs is 1. The Kier molecular flexibility index (Phi) is 8.66. The van der Waals surface area contributed by atoms with E-state index in [0.717, 1.165) is 64.5 Å². The minimum Gasteiger partial charge on any atom is -0.489 e. The number of pyridine rings is 1. The smallest absolute Gasteiger partial charge is 0.229 e. The van der Waals surface area contributed by atoms with Crippen LogP contribution in [0.25, 0.3) is 22.3 Å². The Morgan fingerprint density at radius 2 is 1.83 bits per heavy atom. The van der Waals surface area contributed by atoms with Crippen LogP contribution in [0.4, 0.5) is 11.6 Å². The number of hydrogen-bond acceptors (Lipinski definition) is 7. The molecule has 6 rings (SSSR count). The fourth-order valence-electron chi connectivity index (χ4n) is 5.27. The lowest BCUT2D eigenvalue weighted by molar-refractivity contribution is -0.120. The molecule has 1 fully saturated rings. The number of carbonyl (C=O) groups excluding carboxylic acids is 1. The van der Waals surface area contributed by atoms with E-state index >= 15 is 0 Å². The maximum atomic E-state index is 12.6. The molecule has 5 aromatic rings. The van der Waals surface area contributed by atoms with E-state index in [2.05, 4.69) is 25.5 Å². The van der Waals surface area contributed by atoms with E-state index in [4.69, 9.17) is 14.7 Å². The third-order valence-electron chi connectivity index (χ3n) is 7.40. The second-order valence-electron chi connectivity index (χ2n) is 10.6. The molecule has 1 aliphatic heterocycles. The van der Waals surface area contributed by atoms with Crippen molar-refractivity contribution in [1.29, 1.82) is 0 Å². The summed E-state index contributed by atoms with van der Waals surface area (Å²) in [5.41, 5.74) is 5.19. The van der Waals surface area contributed by atoms with Gasteiger partial charge in [0.15, 0.2) is 0 Å². The first-order valence-corrected chi connectivity index (χ1v) is 14.5. The maximum Gasteiger partial charge on any atom is 0.229 e. The minimum atomic E-state index is 0.0288. The molecule has 0 aliphatic carbocycles. The quantitative estimate of drug-likeness (QED) is 0.196. The molecule has 4 heterocycles. The second-order valence-corrected chi connectivity index (χ2v) is 10.6. The van der Waals surface area contributed by atoms with E-state index in [1.54, 1.807) is 12.4 Å². The molecule has 0 unspecified atom stereocenters. The first-order chi connectivity index (χ1) is 20.7. The molecule has 0 radical (unpaired) electrons. The van der Waals surface area contributed by atoms with Gasteiger partial charge in [-0.3, -0.25) is 9.78 Å². The van der Waals surface area contributed by atoms with Crippen LogP contribution < -0.4 is 15.4 Å². The molecule has 214 valence electrons. The third-order valence-corrected chi connectivity index (χ3v) is 7.40. The highest BCUT2D eigenvalue weighted by atomic mass is 16.5. The van der Waals surface area contributed by atoms with Gasteiger partial charge in [-0.25, -0.2) is 4.98 Å². The molecule has 42 heavy (non-hydrogen) atoms. The van der Waals surface area contributed by atoms with Crippen molar-refractivity contribution in [2.24, 2.45) is 0 Å². The molecule has 0 bridgehead atoms. The van der Waals surface area contributed by atoms with Crippen LogP contribution in [-0.2, 0) is 17.8 Å². The van der Waals surface area contributed by atoms with Crippen LogP contribution in [0.2, 0.25) is 0 Å². The van der Waals surface area contributed by atoms with E-state index in [-0.39, 0.29) is 5.91 Å². The molecular formula is C33H35N7O2. The molecule has 3 aromatic heterocycles. The largest absolute Gasteiger partial charge is 0.489 e. The fourth-order valence-corrected chi connectivity index (χ4v) is 5.27. The van der Waals surface area contributed by atoms with Crippen LogP contribution in [0.1, 0.15) is 30.4 Å². The van der Waals surface area contributed by atoms with Gasteiger partial charge in [0.05, 0.1) is 12.1 Å². The number of likely N-dealkylation sites (tertiary alicyclic amines) is 1. The molecule has 0 saturated carbocycles. The number of piperidine rings is 1. The predicted octanol–water partition coefficient (Wildman–Crippen LogP) is 5.49. The Morgan fingerprint density at radius 1 is 0.952 bits per heavy atom. The molecule has 1 saturated heterocycles. The average Bonchev–Trinajstić information content (AvgIpc) is 3.50. The number of H-pyrrole nitrogens is 1. The third kappa shape index (κ3) is 7.11. The van der Waals surface area contributed by atoms with Gasteiger partial charge in [0.1, 0.15) is 18.0 Å². The Balaban J connectivity index is 1.13. The number of hydrogen-bond donors (Lipinski definition) is 3. The molecule has 1 aliphatic rings. The summed E-state index contributed by atoms with van der Waals surface area (Å²) >= 11 is 0. The van der Waals surface area contributed by atoms with Crippen molar-refractivity contribution in [3.63, 3.8) is 0 Å². The van der Waals surface area contributed by atoms with Crippen molar-refractivity contribution < 1.29 is 9.53 Å². The molecule has 0 spiro atoms. The topological polar surface area (TPSA) is 108 Å². The molecule has 9 heteroatoms. The number of benzene rings is 2. The van der Waals surface area contributed by atoms with Gasteiger partial charge in [-0.1, -0.05) is 36.8 Å². The Labute approximate surface area is 245 Å². The maximum absolute atomic E-state index is 12.6. The molecule has 0 atom stereocenters. The van der Waals surface area contributed by atoms with Gasteiger partial charge in [0.25, 0.3) is 0 Å². The molecular weight excluding hydrogens is 526 g/mol. The highest BCUT2D eigenvalue weighted by Gasteiger charge is 2.13. The summed E-state index contributed by atoms with van der Waals surface area (Å²) < 4.78 is 6.03. The SMILES string of the molecule is O=C(Cc1cccc(Nc2nc(-c3cccc(OCc4cccnc4)c3)c3cc[nH]c3n2)c1)NCCN1CCCCC1. The molecule has 9 nitrogen and oxygen atoms in total. The number of rotatable bonds is 11. The normalized spacial score (nSPS) is 13.6. The van der Waals surface area contributed by atoms with Crippen LogP contribution in [0.15, 0.2) is 85.3 Å². The van der Waals surface area contributed by atoms with Crippen LogP contribution in [0, 0.1) is 0 Å². The first-order valence-electron chi connectivity index (χ1n) is 14.5. The monoisotopic (exact) mass is 561 g/mol. The first kappa shape index (κ1) is 27.4. The van der Waals surface area contributed by atoms with Gasteiger partial charge in [-0.2, -0.15) is 4.98 Å². The van der Waals surface area contributed by atoms with Crippen LogP contribution in [-0.4, -0.2) is 56.9 Å². The van der Waals surface area contributed by atoms with Gasteiger partial charge in [-0.15, -0.1) is 0 Å². The number of anilines is 2. The summed E-state index contributed by atoms with van der Waals surface area (Å²) in [6, 6.07) is 21.6. The van der Waals surface area contributed by atoms with E-state index in [1.807, 2.05) is 72.9 Å². The van der Waals surface area contributed by atoms with Crippen molar-refractivity contribution in [2.45, 2.75) is 32.3 Å². The number of nitrogens with zero attached hydrogens (tertiary/aromatic N) is 4. The van der Waals surface area contributed by atoms with Crippen molar-refractivity contribution >= 4 is 28.6 Å². The van der Waals surface area contributed by atoms with Crippen LogP contribution in [0.5, 0.6) is 5.75 Å². The van der Waals surface area contributed by atoms with Crippen molar-refractivity contribution in [3.8, 4) is 17.0 Å². The van der Waals surface area contributed by atoms with Gasteiger partial charge in [0.2, 0.25) is 11.9 Å². The number of aromatic amines is 1. The Morgan fingerprint density at radius 3 is 2.71 bits per heavy atom. The van der Waals surface area contributed by atoms with Gasteiger partial charge < -0.3 is 25.3 Å². The predicted molar refractivity (Wildman–Crippen MR) is 165 cm³/mol. The van der Waals surface area contributed by atoms with Crippen molar-refractivity contribution in [1.82, 2.24) is 30.2 Å². The summed E-state index contributed by atoms with van der Waals surface area (Å²) in [5.74, 6) is 1.24. The zero-order valence-electron chi connectivity index (χ0n) is 23.6. The van der Waals surface area contributed by atoms with E-state index in [9.17, 15) is 4.79 Å². The average molecular weight is 562 g/mol. The van der Waals surface area contributed by atoms with Crippen molar-refractivity contribution in [3.05, 3.63) is 96.4 Å². The number of carbonyl (C=O) groups is 1. The summed E-state index contributed by atoms with van der Waals surface area (Å²) in [7, 11) is 0. The zero-order valence-corrected chi connectivity index (χ0v) is 23.6. The number of ether oxygens (including phenoxy) is 1. The lowest BCUT2D eigenvalue weighted by atomic mass is 10.1. The van der Waals surface area contributed by atoms with Gasteiger partial charge >= 0.3 is 0 Å². The zero-order chi connectivity index (χ0) is 28.6. The number of aromatic nitrogens is 4. The second kappa shape index (κ2) is 13.3. The Hall–Kier alpha value is -4.76. The van der Waals surface area contributed by atoms with Crippen LogP contribution >= 0.6 is 0 Å². The lowest BCUT2D eigenvalue weighted by Gasteiger charge is -2.26. The number of amides is 1. The molecule has 3 N–H and O–H groups in total. The lowest BCUT2D eigenvalue weighted by Crippen LogP contribution is -2.38. The van der Waals surface area contributed by atoms with Gasteiger partial charge in [0, 0.05) is 53.9 Å². The highest BCUT2D eigenvalue weighted by Crippen LogP contribution is 2.30. The number of nitrogens with one attached hydrogen (secondary N) is 3. The highest BCUT2D eigenvalue weighted by molar-refractivity contribution is 5.92. The van der Waals surface area contributed by atoms with Crippen LogP contribution in [0.3, 0.4) is 0 Å². The standard InChI is InChI=1S/C33H35N7O2/c41-30(35-15-18-40-16-2-1-3-17-40)20-24-7-4-10-27(19-24)37-33-38-31(29-12-14-36-32(29)39-33)26-9-5-11-28(21-26)42-23-25-8-6-13-34-22-25/h4-14,19,21-22H,1-3,15-18,20,23H2,(H,35,41)(H2,36,37,38,39). The summed E-state index contributed by atoms with van der Waals surface area (Å²) in [5, 5.41) is 7.32. The van der Waals surface area contributed by atoms with E-state index < -0.39 is 0 Å². The summed E-state index contributed by atoms with van der Waals surface area (Å²) in [6.45, 7) is 4.29. The van der Waals surface area contributed by atoms with E-state index in [0.29, 0.717) is 25.5 Å². The summed E-state index contributed by atoms with van der Waals surface area (Å²) in [6.07, 6.45) is 9.55.